The van der Waals surface area contributed by atoms with E-state index in [9.17, 15) is 10.2 Å². The summed E-state index contributed by atoms with van der Waals surface area (Å²) in [6, 6.07) is 1.87. The minimum absolute atomic E-state index is 0.0136. The van der Waals surface area contributed by atoms with Gasteiger partial charge in [-0.2, -0.15) is 0 Å². The number of benzene rings is 1. The topological polar surface area (TPSA) is 53.0 Å². The van der Waals surface area contributed by atoms with E-state index in [1.54, 1.807) is 0 Å². The van der Waals surface area contributed by atoms with Gasteiger partial charge < -0.3 is 14.9 Å². The Morgan fingerprint density at radius 1 is 1.22 bits per heavy atom. The van der Waals surface area contributed by atoms with E-state index in [1.807, 2.05) is 6.07 Å². The summed E-state index contributed by atoms with van der Waals surface area (Å²) in [6.07, 6.45) is 9.73. The molecule has 2 aliphatic rings. The Morgan fingerprint density at radius 2 is 2.00 bits per heavy atom. The largest absolute Gasteiger partial charge is 0.507 e. The maximum atomic E-state index is 10.9. The first-order valence-corrected chi connectivity index (χ1v) is 8.98. The van der Waals surface area contributed by atoms with Crippen molar-refractivity contribution in [1.29, 1.82) is 0 Å². The quantitative estimate of drug-likeness (QED) is 0.435. The highest BCUT2D eigenvalue weighted by Gasteiger charge is 2.34. The Bertz CT molecular complexity index is 599. The molecule has 1 aromatic carbocycles. The fourth-order valence-corrected chi connectivity index (χ4v) is 3.79. The summed E-state index contributed by atoms with van der Waals surface area (Å²) < 4.78 is 5.47. The van der Waals surface area contributed by atoms with E-state index >= 15 is 0 Å². The van der Waals surface area contributed by atoms with Crippen molar-refractivity contribution in [3.63, 3.8) is 0 Å². The van der Waals surface area contributed by atoms with E-state index in [2.05, 4.69) is 19.9 Å². The molecule has 1 aliphatic heterocycles. The predicted molar refractivity (Wildman–Crippen MR) is 92.0 cm³/mol. The Kier molecular flexibility index (Phi) is 4.96. The molecule has 23 heavy (non-hydrogen) atoms. The van der Waals surface area contributed by atoms with Crippen molar-refractivity contribution < 1.29 is 14.9 Å². The lowest BCUT2D eigenvalue weighted by atomic mass is 9.82. The number of allylic oxidation sites excluding steroid dienone is 2. The smallest absolute Gasteiger partial charge is 0.129 e. The Morgan fingerprint density at radius 3 is 2.65 bits per heavy atom. The summed E-state index contributed by atoms with van der Waals surface area (Å²) in [5, 5.41) is 21.5. The number of epoxide rings is 1. The third-order valence-electron chi connectivity index (χ3n) is 5.09. The monoisotopic (exact) mass is 316 g/mol. The lowest BCUT2D eigenvalue weighted by Crippen LogP contribution is -2.06. The van der Waals surface area contributed by atoms with Gasteiger partial charge >= 0.3 is 0 Å². The van der Waals surface area contributed by atoms with Crippen LogP contribution < -0.4 is 0 Å². The van der Waals surface area contributed by atoms with Crippen molar-refractivity contribution in [3.05, 3.63) is 34.4 Å². The zero-order valence-corrected chi connectivity index (χ0v) is 14.3. The van der Waals surface area contributed by atoms with E-state index < -0.39 is 0 Å². The van der Waals surface area contributed by atoms with E-state index in [0.29, 0.717) is 12.2 Å². The van der Waals surface area contributed by atoms with Gasteiger partial charge in [-0.25, -0.2) is 0 Å². The minimum Gasteiger partial charge on any atom is -0.507 e. The summed E-state index contributed by atoms with van der Waals surface area (Å²) in [4.78, 5) is 0. The molecule has 1 fully saturated rings. The first kappa shape index (κ1) is 16.4. The molecule has 1 aromatic rings. The van der Waals surface area contributed by atoms with Gasteiger partial charge in [-0.3, -0.25) is 0 Å². The third-order valence-corrected chi connectivity index (χ3v) is 5.09. The summed E-state index contributed by atoms with van der Waals surface area (Å²) in [5.74, 6) is 0.634. The van der Waals surface area contributed by atoms with Gasteiger partial charge in [0.05, 0.1) is 6.61 Å². The Hall–Kier alpha value is -1.48. The average molecular weight is 316 g/mol. The Balaban J connectivity index is 1.97. The molecule has 126 valence electrons. The van der Waals surface area contributed by atoms with Gasteiger partial charge in [0.15, 0.2) is 0 Å². The number of ether oxygens (including phenoxy) is 1. The first-order chi connectivity index (χ1) is 11.1. The van der Waals surface area contributed by atoms with Crippen molar-refractivity contribution in [1.82, 2.24) is 0 Å². The number of aromatic hydroxyl groups is 2. The molecular weight excluding hydrogens is 288 g/mol. The molecule has 3 rings (SSSR count). The van der Waals surface area contributed by atoms with Gasteiger partial charge in [0.25, 0.3) is 0 Å². The van der Waals surface area contributed by atoms with Crippen LogP contribution in [0.2, 0.25) is 0 Å². The second-order valence-corrected chi connectivity index (χ2v) is 7.02. The molecule has 0 amide bonds. The fourth-order valence-electron chi connectivity index (χ4n) is 3.79. The van der Waals surface area contributed by atoms with Gasteiger partial charge in [0.2, 0.25) is 0 Å². The maximum absolute atomic E-state index is 10.9. The molecule has 2 atom stereocenters. The number of unbranched alkanes of at least 4 members (excludes halogenated alkanes) is 2. The number of aryl methyl sites for hydroxylation is 1. The van der Waals surface area contributed by atoms with Gasteiger partial charge in [-0.1, -0.05) is 31.4 Å². The van der Waals surface area contributed by atoms with E-state index in [-0.39, 0.29) is 23.5 Å². The van der Waals surface area contributed by atoms with E-state index in [0.717, 1.165) is 49.7 Å². The van der Waals surface area contributed by atoms with Crippen molar-refractivity contribution in [2.75, 3.05) is 6.61 Å². The highest BCUT2D eigenvalue weighted by atomic mass is 16.6. The molecule has 0 saturated carbocycles. The SMILES string of the molecule is CCCCCc1cc(O)c(C2C=C(C)CCC2)c(O)c1C1CO1. The molecule has 1 saturated heterocycles. The van der Waals surface area contributed by atoms with Crippen LogP contribution in [0.25, 0.3) is 0 Å². The molecule has 0 bridgehead atoms. The van der Waals surface area contributed by atoms with Crippen LogP contribution in [0.1, 0.15) is 81.1 Å². The summed E-state index contributed by atoms with van der Waals surface area (Å²) in [5.41, 5.74) is 4.02. The number of phenolic OH excluding ortho intramolecular Hbond substituents is 2. The summed E-state index contributed by atoms with van der Waals surface area (Å²) in [7, 11) is 0. The lowest BCUT2D eigenvalue weighted by molar-refractivity contribution is 0.389. The predicted octanol–water partition coefficient (Wildman–Crippen LogP) is 5.12. The summed E-state index contributed by atoms with van der Waals surface area (Å²) in [6.45, 7) is 4.99. The van der Waals surface area contributed by atoms with Crippen LogP contribution in [0.3, 0.4) is 0 Å². The van der Waals surface area contributed by atoms with Crippen molar-refractivity contribution in [3.8, 4) is 11.5 Å². The molecule has 3 nitrogen and oxygen atoms in total. The minimum atomic E-state index is 0.0136. The lowest BCUT2D eigenvalue weighted by Gasteiger charge is -2.24. The number of phenols is 2. The van der Waals surface area contributed by atoms with Gasteiger partial charge in [0, 0.05) is 17.0 Å². The maximum Gasteiger partial charge on any atom is 0.129 e. The van der Waals surface area contributed by atoms with Crippen LogP contribution in [0.4, 0.5) is 0 Å². The van der Waals surface area contributed by atoms with Crippen molar-refractivity contribution in [2.45, 2.75) is 70.8 Å². The van der Waals surface area contributed by atoms with Crippen LogP contribution in [0, 0.1) is 0 Å². The molecule has 1 heterocycles. The number of hydrogen-bond acceptors (Lipinski definition) is 3. The molecule has 3 heteroatoms. The van der Waals surface area contributed by atoms with Crippen LogP contribution in [0.5, 0.6) is 11.5 Å². The standard InChI is InChI=1S/C20H28O3/c1-3-4-5-8-15-11-16(21)18(14-9-6-7-13(2)10-14)20(22)19(15)17-12-23-17/h10-11,14,17,21-22H,3-9,12H2,1-2H3. The van der Waals surface area contributed by atoms with E-state index in [4.69, 9.17) is 4.74 Å². The van der Waals surface area contributed by atoms with E-state index in [1.165, 1.54) is 12.0 Å². The number of rotatable bonds is 6. The Labute approximate surface area is 139 Å². The highest BCUT2D eigenvalue weighted by Crippen LogP contribution is 2.48. The van der Waals surface area contributed by atoms with Crippen LogP contribution in [-0.4, -0.2) is 16.8 Å². The highest BCUT2D eigenvalue weighted by molar-refractivity contribution is 5.57. The third kappa shape index (κ3) is 3.55. The van der Waals surface area contributed by atoms with Crippen molar-refractivity contribution in [2.24, 2.45) is 0 Å². The average Bonchev–Trinajstić information content (AvgIpc) is 3.32. The van der Waals surface area contributed by atoms with Crippen LogP contribution in [-0.2, 0) is 11.2 Å². The zero-order chi connectivity index (χ0) is 16.4. The zero-order valence-electron chi connectivity index (χ0n) is 14.3. The molecule has 2 unspecified atom stereocenters. The molecule has 0 spiro atoms. The van der Waals surface area contributed by atoms with Gasteiger partial charge in [0.1, 0.15) is 17.6 Å². The molecular formula is C20H28O3. The molecule has 1 aliphatic carbocycles. The first-order valence-electron chi connectivity index (χ1n) is 8.98. The summed E-state index contributed by atoms with van der Waals surface area (Å²) >= 11 is 0. The van der Waals surface area contributed by atoms with Crippen LogP contribution >= 0.6 is 0 Å². The van der Waals surface area contributed by atoms with Crippen LogP contribution in [0.15, 0.2) is 17.7 Å². The second-order valence-electron chi connectivity index (χ2n) is 7.02. The molecule has 0 aromatic heterocycles. The fraction of sp³-hybridized carbons (Fsp3) is 0.600. The normalized spacial score (nSPS) is 23.7. The van der Waals surface area contributed by atoms with Gasteiger partial charge in [-0.05, 0) is 50.7 Å². The van der Waals surface area contributed by atoms with Gasteiger partial charge in [-0.15, -0.1) is 0 Å². The molecule has 0 radical (unpaired) electrons. The molecule has 2 N–H and O–H groups in total. The number of hydrogen-bond donors (Lipinski definition) is 2. The second kappa shape index (κ2) is 6.96. The van der Waals surface area contributed by atoms with Crippen molar-refractivity contribution >= 4 is 0 Å².